The van der Waals surface area contributed by atoms with E-state index in [1.807, 2.05) is 34.5 Å². The Bertz CT molecular complexity index is 1250. The highest BCUT2D eigenvalue weighted by atomic mass is 32.2. The Morgan fingerprint density at radius 2 is 1.73 bits per heavy atom. The molecule has 1 aliphatic rings. The Morgan fingerprint density at radius 3 is 2.30 bits per heavy atom. The van der Waals surface area contributed by atoms with Gasteiger partial charge in [-0.2, -0.15) is 0 Å². The summed E-state index contributed by atoms with van der Waals surface area (Å²) >= 11 is 1.59. The molecule has 1 aromatic heterocycles. The fraction of sp³-hybridized carbons (Fsp3) is 0.292. The third kappa shape index (κ3) is 4.23. The zero-order chi connectivity index (χ0) is 23.8. The fourth-order valence-electron chi connectivity index (χ4n) is 4.06. The van der Waals surface area contributed by atoms with E-state index >= 15 is 0 Å². The van der Waals surface area contributed by atoms with Crippen LogP contribution in [0.4, 0.5) is 0 Å². The van der Waals surface area contributed by atoms with Crippen LogP contribution >= 0.6 is 11.3 Å². The first kappa shape index (κ1) is 23.3. The SMILES string of the molecule is COc1cc2c(cc1OC)[C@H](c1cccs1)N(C(=O)c1ccc(S(=O)(=O)N(C)C)cc1)CC2. The van der Waals surface area contributed by atoms with Gasteiger partial charge >= 0.3 is 0 Å². The number of carbonyl (C=O) groups excluding carboxylic acids is 1. The summed E-state index contributed by atoms with van der Waals surface area (Å²) in [6, 6.07) is 13.8. The summed E-state index contributed by atoms with van der Waals surface area (Å²) in [7, 11) is 2.61. The molecule has 0 saturated carbocycles. The van der Waals surface area contributed by atoms with E-state index in [0.717, 1.165) is 20.3 Å². The number of fused-ring (bicyclic) bond motifs is 1. The Hall–Kier alpha value is -2.88. The van der Waals surface area contributed by atoms with E-state index in [9.17, 15) is 13.2 Å². The third-order valence-corrected chi connectivity index (χ3v) is 8.58. The van der Waals surface area contributed by atoms with Gasteiger partial charge in [-0.25, -0.2) is 12.7 Å². The van der Waals surface area contributed by atoms with Crippen molar-refractivity contribution >= 4 is 27.3 Å². The lowest BCUT2D eigenvalue weighted by Crippen LogP contribution is -2.40. The van der Waals surface area contributed by atoms with Gasteiger partial charge in [-0.05, 0) is 65.4 Å². The van der Waals surface area contributed by atoms with E-state index in [4.69, 9.17) is 9.47 Å². The number of thiophene rings is 1. The molecule has 0 unspecified atom stereocenters. The molecule has 0 radical (unpaired) electrons. The molecule has 2 aromatic carbocycles. The summed E-state index contributed by atoms with van der Waals surface area (Å²) in [6.07, 6.45) is 0.677. The number of rotatable bonds is 6. The molecule has 4 rings (SSSR count). The predicted octanol–water partition coefficient (Wildman–Crippen LogP) is 3.80. The molecule has 0 aliphatic carbocycles. The topological polar surface area (TPSA) is 76.1 Å². The summed E-state index contributed by atoms with van der Waals surface area (Å²) in [5.74, 6) is 1.13. The van der Waals surface area contributed by atoms with Gasteiger partial charge in [-0.3, -0.25) is 4.79 Å². The number of hydrogen-bond acceptors (Lipinski definition) is 6. The van der Waals surface area contributed by atoms with E-state index in [-0.39, 0.29) is 16.8 Å². The van der Waals surface area contributed by atoms with Gasteiger partial charge in [0, 0.05) is 31.1 Å². The van der Waals surface area contributed by atoms with Gasteiger partial charge in [-0.1, -0.05) is 6.07 Å². The minimum atomic E-state index is -3.56. The number of ether oxygens (including phenoxy) is 2. The van der Waals surface area contributed by atoms with Crippen LogP contribution in [0.1, 0.15) is 32.4 Å². The molecule has 0 bridgehead atoms. The van der Waals surface area contributed by atoms with Gasteiger partial charge in [-0.15, -0.1) is 11.3 Å². The highest BCUT2D eigenvalue weighted by molar-refractivity contribution is 7.89. The molecule has 2 heterocycles. The summed E-state index contributed by atoms with van der Waals surface area (Å²) in [5, 5.41) is 1.99. The number of nitrogens with zero attached hydrogens (tertiary/aromatic N) is 2. The van der Waals surface area contributed by atoms with Gasteiger partial charge in [0.05, 0.1) is 25.2 Å². The summed E-state index contributed by atoms with van der Waals surface area (Å²) in [4.78, 5) is 16.6. The third-order valence-electron chi connectivity index (χ3n) is 5.83. The number of benzene rings is 2. The van der Waals surface area contributed by atoms with Crippen LogP contribution in [0.25, 0.3) is 0 Å². The lowest BCUT2D eigenvalue weighted by molar-refractivity contribution is 0.0696. The van der Waals surface area contributed by atoms with Crippen LogP contribution in [0.15, 0.2) is 58.8 Å². The minimum Gasteiger partial charge on any atom is -0.493 e. The van der Waals surface area contributed by atoms with E-state index in [2.05, 4.69) is 0 Å². The van der Waals surface area contributed by atoms with Gasteiger partial charge in [0.1, 0.15) is 0 Å². The van der Waals surface area contributed by atoms with Crippen molar-refractivity contribution in [2.24, 2.45) is 0 Å². The smallest absolute Gasteiger partial charge is 0.254 e. The maximum absolute atomic E-state index is 13.6. The molecule has 1 aliphatic heterocycles. The second-order valence-electron chi connectivity index (χ2n) is 7.88. The molecule has 7 nitrogen and oxygen atoms in total. The molecule has 33 heavy (non-hydrogen) atoms. The van der Waals surface area contributed by atoms with Crippen molar-refractivity contribution in [2.75, 3.05) is 34.9 Å². The average Bonchev–Trinajstić information content (AvgIpc) is 3.36. The van der Waals surface area contributed by atoms with Gasteiger partial charge in [0.25, 0.3) is 5.91 Å². The minimum absolute atomic E-state index is 0.150. The van der Waals surface area contributed by atoms with Crippen molar-refractivity contribution < 1.29 is 22.7 Å². The van der Waals surface area contributed by atoms with Crippen LogP contribution in [0.5, 0.6) is 11.5 Å². The average molecular weight is 487 g/mol. The maximum Gasteiger partial charge on any atom is 0.254 e. The molecule has 0 saturated heterocycles. The zero-order valence-electron chi connectivity index (χ0n) is 18.9. The highest BCUT2D eigenvalue weighted by Crippen LogP contribution is 2.42. The lowest BCUT2D eigenvalue weighted by Gasteiger charge is -2.37. The van der Waals surface area contributed by atoms with Crippen molar-refractivity contribution in [3.05, 3.63) is 75.5 Å². The Morgan fingerprint density at radius 1 is 1.06 bits per heavy atom. The predicted molar refractivity (Wildman–Crippen MR) is 128 cm³/mol. The number of hydrogen-bond donors (Lipinski definition) is 0. The van der Waals surface area contributed by atoms with E-state index in [1.165, 1.54) is 26.2 Å². The zero-order valence-corrected chi connectivity index (χ0v) is 20.6. The molecule has 0 spiro atoms. The van der Waals surface area contributed by atoms with Crippen LogP contribution in [-0.2, 0) is 16.4 Å². The second-order valence-corrected chi connectivity index (χ2v) is 11.0. The van der Waals surface area contributed by atoms with E-state index in [1.54, 1.807) is 37.7 Å². The van der Waals surface area contributed by atoms with Crippen molar-refractivity contribution in [1.29, 1.82) is 0 Å². The van der Waals surface area contributed by atoms with Crippen molar-refractivity contribution in [3.8, 4) is 11.5 Å². The van der Waals surface area contributed by atoms with E-state index < -0.39 is 10.0 Å². The molecule has 174 valence electrons. The molecular formula is C24H26N2O5S2. The van der Waals surface area contributed by atoms with Crippen molar-refractivity contribution in [3.63, 3.8) is 0 Å². The van der Waals surface area contributed by atoms with Crippen molar-refractivity contribution in [2.45, 2.75) is 17.4 Å². The summed E-state index contributed by atoms with van der Waals surface area (Å²) in [6.45, 7) is 0.529. The molecule has 0 fully saturated rings. The summed E-state index contributed by atoms with van der Waals surface area (Å²) < 4.78 is 36.9. The molecule has 3 aromatic rings. The standard InChI is InChI=1S/C24H26N2O5S2/c1-25(2)33(28,29)18-9-7-16(8-10-18)24(27)26-12-11-17-14-20(30-3)21(31-4)15-19(17)23(26)22-6-5-13-32-22/h5-10,13-15,23H,11-12H2,1-4H3/t23-/m1/s1. The Kier molecular flexibility index (Phi) is 6.47. The molecular weight excluding hydrogens is 460 g/mol. The largest absolute Gasteiger partial charge is 0.493 e. The molecule has 9 heteroatoms. The maximum atomic E-state index is 13.6. The fourth-order valence-corrected chi connectivity index (χ4v) is 5.82. The van der Waals surface area contributed by atoms with Crippen LogP contribution in [0, 0.1) is 0 Å². The van der Waals surface area contributed by atoms with E-state index in [0.29, 0.717) is 30.0 Å². The first-order chi connectivity index (χ1) is 15.8. The van der Waals surface area contributed by atoms with Crippen LogP contribution in [0.2, 0.25) is 0 Å². The monoisotopic (exact) mass is 486 g/mol. The number of amides is 1. The summed E-state index contributed by atoms with van der Waals surface area (Å²) in [5.41, 5.74) is 2.56. The van der Waals surface area contributed by atoms with Crippen LogP contribution in [-0.4, -0.2) is 58.4 Å². The number of carbonyl (C=O) groups is 1. The second kappa shape index (κ2) is 9.17. The highest BCUT2D eigenvalue weighted by Gasteiger charge is 2.34. The number of sulfonamides is 1. The molecule has 1 amide bonds. The number of methoxy groups -OCH3 is 2. The first-order valence-electron chi connectivity index (χ1n) is 10.4. The van der Waals surface area contributed by atoms with Gasteiger partial charge in [0.15, 0.2) is 11.5 Å². The quantitative estimate of drug-likeness (QED) is 0.530. The normalized spacial score (nSPS) is 15.9. The molecule has 0 N–H and O–H groups in total. The first-order valence-corrected chi connectivity index (χ1v) is 12.7. The van der Waals surface area contributed by atoms with Gasteiger partial charge in [0.2, 0.25) is 10.0 Å². The lowest BCUT2D eigenvalue weighted by atomic mass is 9.90. The van der Waals surface area contributed by atoms with Crippen LogP contribution < -0.4 is 9.47 Å². The molecule has 1 atom stereocenters. The van der Waals surface area contributed by atoms with Gasteiger partial charge < -0.3 is 14.4 Å². The van der Waals surface area contributed by atoms with Crippen molar-refractivity contribution in [1.82, 2.24) is 9.21 Å². The Labute approximate surface area is 198 Å². The Balaban J connectivity index is 1.74. The van der Waals surface area contributed by atoms with Crippen LogP contribution in [0.3, 0.4) is 0 Å².